The van der Waals surface area contributed by atoms with Gasteiger partial charge in [0.2, 0.25) is 5.91 Å². The summed E-state index contributed by atoms with van der Waals surface area (Å²) in [4.78, 5) is 24.6. The van der Waals surface area contributed by atoms with Gasteiger partial charge in [0.25, 0.3) is 0 Å². The summed E-state index contributed by atoms with van der Waals surface area (Å²) >= 11 is 0. The SMILES string of the molecule is O=C(O)CCN(C(=O)/C=C/c1ccco1)C1CCCC1. The number of carboxylic acid groups (broad SMARTS) is 1. The van der Waals surface area contributed by atoms with Crippen molar-refractivity contribution < 1.29 is 19.1 Å². The predicted octanol–water partition coefficient (Wildman–Crippen LogP) is 2.54. The molecule has 1 aromatic rings. The second-order valence-corrected chi connectivity index (χ2v) is 4.96. The van der Waals surface area contributed by atoms with Gasteiger partial charge in [-0.2, -0.15) is 0 Å². The van der Waals surface area contributed by atoms with Crippen LogP contribution < -0.4 is 0 Å². The minimum Gasteiger partial charge on any atom is -0.481 e. The fourth-order valence-electron chi connectivity index (χ4n) is 2.54. The molecule has 0 spiro atoms. The van der Waals surface area contributed by atoms with Gasteiger partial charge >= 0.3 is 5.97 Å². The van der Waals surface area contributed by atoms with E-state index in [0.29, 0.717) is 5.76 Å². The molecule has 0 aliphatic heterocycles. The molecule has 1 fully saturated rings. The number of aliphatic carboxylic acids is 1. The molecule has 5 nitrogen and oxygen atoms in total. The largest absolute Gasteiger partial charge is 0.481 e. The van der Waals surface area contributed by atoms with Gasteiger partial charge in [-0.25, -0.2) is 0 Å². The lowest BCUT2D eigenvalue weighted by Gasteiger charge is -2.27. The van der Waals surface area contributed by atoms with Crippen LogP contribution in [0.25, 0.3) is 6.08 Å². The zero-order chi connectivity index (χ0) is 14.4. The quantitative estimate of drug-likeness (QED) is 0.811. The number of hydrogen-bond acceptors (Lipinski definition) is 3. The maximum absolute atomic E-state index is 12.2. The van der Waals surface area contributed by atoms with Crippen molar-refractivity contribution in [2.75, 3.05) is 6.54 Å². The van der Waals surface area contributed by atoms with Crippen LogP contribution in [0.1, 0.15) is 37.9 Å². The molecule has 1 heterocycles. The molecule has 0 unspecified atom stereocenters. The van der Waals surface area contributed by atoms with Crippen LogP contribution in [0.3, 0.4) is 0 Å². The van der Waals surface area contributed by atoms with Gasteiger partial charge in [-0.1, -0.05) is 12.8 Å². The Morgan fingerprint density at radius 3 is 2.75 bits per heavy atom. The number of hydrogen-bond donors (Lipinski definition) is 1. The molecule has 0 saturated heterocycles. The van der Waals surface area contributed by atoms with Crippen LogP contribution in [0.2, 0.25) is 0 Å². The van der Waals surface area contributed by atoms with Crippen molar-refractivity contribution in [3.05, 3.63) is 30.2 Å². The zero-order valence-corrected chi connectivity index (χ0v) is 11.3. The van der Waals surface area contributed by atoms with E-state index in [4.69, 9.17) is 9.52 Å². The van der Waals surface area contributed by atoms with E-state index >= 15 is 0 Å². The lowest BCUT2D eigenvalue weighted by molar-refractivity contribution is -0.138. The Morgan fingerprint density at radius 2 is 2.15 bits per heavy atom. The zero-order valence-electron chi connectivity index (χ0n) is 11.3. The summed E-state index contributed by atoms with van der Waals surface area (Å²) in [7, 11) is 0. The third-order valence-corrected chi connectivity index (χ3v) is 3.55. The highest BCUT2D eigenvalue weighted by molar-refractivity contribution is 5.91. The van der Waals surface area contributed by atoms with E-state index in [1.807, 2.05) is 0 Å². The highest BCUT2D eigenvalue weighted by Crippen LogP contribution is 2.24. The van der Waals surface area contributed by atoms with Crippen molar-refractivity contribution in [1.29, 1.82) is 0 Å². The summed E-state index contributed by atoms with van der Waals surface area (Å²) in [5, 5.41) is 8.80. The molecule has 0 radical (unpaired) electrons. The molecule has 1 N–H and O–H groups in total. The first-order valence-electron chi connectivity index (χ1n) is 6.91. The van der Waals surface area contributed by atoms with Gasteiger partial charge in [0.15, 0.2) is 0 Å². The topological polar surface area (TPSA) is 70.8 Å². The maximum atomic E-state index is 12.2. The fraction of sp³-hybridized carbons (Fsp3) is 0.467. The van der Waals surface area contributed by atoms with Gasteiger partial charge in [0.05, 0.1) is 12.7 Å². The van der Waals surface area contributed by atoms with Crippen molar-refractivity contribution >= 4 is 18.0 Å². The van der Waals surface area contributed by atoms with Crippen molar-refractivity contribution in [2.45, 2.75) is 38.1 Å². The second-order valence-electron chi connectivity index (χ2n) is 4.96. The van der Waals surface area contributed by atoms with Gasteiger partial charge in [-0.05, 0) is 31.1 Å². The Kier molecular flexibility index (Phi) is 4.98. The predicted molar refractivity (Wildman–Crippen MR) is 74.0 cm³/mol. The third kappa shape index (κ3) is 3.98. The minimum atomic E-state index is -0.879. The Bertz CT molecular complexity index is 472. The Hall–Kier alpha value is -2.04. The van der Waals surface area contributed by atoms with Crippen molar-refractivity contribution in [3.63, 3.8) is 0 Å². The van der Waals surface area contributed by atoms with Gasteiger partial charge in [-0.15, -0.1) is 0 Å². The molecule has 0 aromatic carbocycles. The Balaban J connectivity index is 2.00. The van der Waals surface area contributed by atoms with Crippen LogP contribution in [0.15, 0.2) is 28.9 Å². The summed E-state index contributed by atoms with van der Waals surface area (Å²) < 4.78 is 5.14. The number of carboxylic acids is 1. The van der Waals surface area contributed by atoms with E-state index in [2.05, 4.69) is 0 Å². The van der Waals surface area contributed by atoms with Crippen LogP contribution >= 0.6 is 0 Å². The number of rotatable bonds is 6. The van der Waals surface area contributed by atoms with Crippen LogP contribution in [0, 0.1) is 0 Å². The summed E-state index contributed by atoms with van der Waals surface area (Å²) in [6.45, 7) is 0.265. The molecule has 2 rings (SSSR count). The first-order chi connectivity index (χ1) is 9.66. The van der Waals surface area contributed by atoms with E-state index in [9.17, 15) is 9.59 Å². The second kappa shape index (κ2) is 6.93. The van der Waals surface area contributed by atoms with Crippen LogP contribution in [-0.4, -0.2) is 34.5 Å². The molecule has 0 atom stereocenters. The van der Waals surface area contributed by atoms with E-state index in [0.717, 1.165) is 25.7 Å². The molecular formula is C15H19NO4. The number of nitrogens with zero attached hydrogens (tertiary/aromatic N) is 1. The lowest BCUT2D eigenvalue weighted by atomic mass is 10.2. The fourth-order valence-corrected chi connectivity index (χ4v) is 2.54. The van der Waals surface area contributed by atoms with Crippen molar-refractivity contribution in [3.8, 4) is 0 Å². The average Bonchev–Trinajstić information content (AvgIpc) is 3.09. The summed E-state index contributed by atoms with van der Waals surface area (Å²) in [5.74, 6) is -0.409. The molecule has 1 amide bonds. The van der Waals surface area contributed by atoms with Gasteiger partial charge in [-0.3, -0.25) is 9.59 Å². The molecule has 1 saturated carbocycles. The van der Waals surface area contributed by atoms with Crippen molar-refractivity contribution in [1.82, 2.24) is 4.90 Å². The van der Waals surface area contributed by atoms with Gasteiger partial charge < -0.3 is 14.4 Å². The molecular weight excluding hydrogens is 258 g/mol. The lowest BCUT2D eigenvalue weighted by Crippen LogP contribution is -2.39. The molecule has 1 aromatic heterocycles. The van der Waals surface area contributed by atoms with Crippen LogP contribution in [-0.2, 0) is 9.59 Å². The summed E-state index contributed by atoms with van der Waals surface area (Å²) in [6, 6.07) is 3.69. The smallest absolute Gasteiger partial charge is 0.305 e. The van der Waals surface area contributed by atoms with Gasteiger partial charge in [0, 0.05) is 18.7 Å². The summed E-state index contributed by atoms with van der Waals surface area (Å²) in [6.07, 6.45) is 8.72. The first-order valence-corrected chi connectivity index (χ1v) is 6.91. The van der Waals surface area contributed by atoms with E-state index in [1.165, 1.54) is 6.08 Å². The standard InChI is InChI=1S/C15H19NO4/c17-14(8-7-13-6-3-11-20-13)16(10-9-15(18)19)12-4-1-2-5-12/h3,6-8,11-12H,1-2,4-5,9-10H2,(H,18,19)/b8-7+. The Labute approximate surface area is 117 Å². The van der Waals surface area contributed by atoms with E-state index in [1.54, 1.807) is 29.4 Å². The van der Waals surface area contributed by atoms with Crippen molar-refractivity contribution in [2.24, 2.45) is 0 Å². The number of amides is 1. The monoisotopic (exact) mass is 277 g/mol. The number of furan rings is 1. The Morgan fingerprint density at radius 1 is 1.40 bits per heavy atom. The average molecular weight is 277 g/mol. The molecule has 5 heteroatoms. The molecule has 1 aliphatic rings. The van der Waals surface area contributed by atoms with E-state index < -0.39 is 5.97 Å². The molecule has 20 heavy (non-hydrogen) atoms. The maximum Gasteiger partial charge on any atom is 0.305 e. The highest BCUT2D eigenvalue weighted by atomic mass is 16.4. The van der Waals surface area contributed by atoms with Crippen LogP contribution in [0.5, 0.6) is 0 Å². The number of carbonyl (C=O) groups excluding carboxylic acids is 1. The number of carbonyl (C=O) groups is 2. The normalized spacial score (nSPS) is 15.8. The van der Waals surface area contributed by atoms with E-state index in [-0.39, 0.29) is 24.9 Å². The third-order valence-electron chi connectivity index (χ3n) is 3.55. The summed E-state index contributed by atoms with van der Waals surface area (Å²) in [5.41, 5.74) is 0. The molecule has 1 aliphatic carbocycles. The highest BCUT2D eigenvalue weighted by Gasteiger charge is 2.25. The molecule has 108 valence electrons. The van der Waals surface area contributed by atoms with Gasteiger partial charge in [0.1, 0.15) is 5.76 Å². The molecule has 0 bridgehead atoms. The van der Waals surface area contributed by atoms with Crippen LogP contribution in [0.4, 0.5) is 0 Å². The minimum absolute atomic E-state index is 0.0170. The first kappa shape index (κ1) is 14.4.